The summed E-state index contributed by atoms with van der Waals surface area (Å²) in [7, 11) is 0. The molecule has 0 radical (unpaired) electrons. The molecule has 6 nitrogen and oxygen atoms in total. The van der Waals surface area contributed by atoms with Gasteiger partial charge >= 0.3 is 0 Å². The molecule has 3 rings (SSSR count). The third kappa shape index (κ3) is 4.78. The minimum atomic E-state index is -0.206. The number of nitrogens with one attached hydrogen (secondary N) is 1. The average molecular weight is 368 g/mol. The first-order valence-corrected chi connectivity index (χ1v) is 9.19. The fourth-order valence-electron chi connectivity index (χ4n) is 3.19. The summed E-state index contributed by atoms with van der Waals surface area (Å²) in [5, 5.41) is 12.5. The number of piperidine rings is 1. The van der Waals surface area contributed by atoms with E-state index in [2.05, 4.69) is 5.32 Å². The predicted molar refractivity (Wildman–Crippen MR) is 102 cm³/mol. The van der Waals surface area contributed by atoms with Crippen molar-refractivity contribution in [2.45, 2.75) is 25.8 Å². The molecule has 0 aliphatic carbocycles. The maximum atomic E-state index is 12.6. The maximum Gasteiger partial charge on any atom is 0.253 e. The first-order valence-electron chi connectivity index (χ1n) is 9.19. The molecular formula is C21H24N2O4. The molecule has 0 atom stereocenters. The summed E-state index contributed by atoms with van der Waals surface area (Å²) in [4.78, 5) is 26.7. The molecule has 6 heteroatoms. The molecule has 2 N–H and O–H groups in total. The third-order valence-electron chi connectivity index (χ3n) is 4.64. The van der Waals surface area contributed by atoms with Crippen LogP contribution in [0.15, 0.2) is 48.5 Å². The number of carbonyl (C=O) groups is 2. The monoisotopic (exact) mass is 368 g/mol. The number of likely N-dealkylation sites (tertiary alicyclic amines) is 1. The van der Waals surface area contributed by atoms with E-state index in [-0.39, 0.29) is 23.6 Å². The van der Waals surface area contributed by atoms with Crippen LogP contribution in [0.3, 0.4) is 0 Å². The van der Waals surface area contributed by atoms with E-state index >= 15 is 0 Å². The number of phenols is 1. The molecular weight excluding hydrogens is 344 g/mol. The molecule has 1 aliphatic rings. The number of aromatic hydroxyl groups is 1. The lowest BCUT2D eigenvalue weighted by molar-refractivity contribution is 0.0698. The van der Waals surface area contributed by atoms with E-state index in [1.165, 1.54) is 12.1 Å². The van der Waals surface area contributed by atoms with Gasteiger partial charge in [0.25, 0.3) is 11.8 Å². The number of carbonyl (C=O) groups excluding carboxylic acids is 2. The molecule has 27 heavy (non-hydrogen) atoms. The van der Waals surface area contributed by atoms with Crippen LogP contribution in [0.5, 0.6) is 11.5 Å². The molecule has 0 aromatic heterocycles. The van der Waals surface area contributed by atoms with Gasteiger partial charge in [-0.15, -0.1) is 0 Å². The van der Waals surface area contributed by atoms with Gasteiger partial charge in [0, 0.05) is 30.3 Å². The highest BCUT2D eigenvalue weighted by Gasteiger charge is 2.25. The summed E-state index contributed by atoms with van der Waals surface area (Å²) >= 11 is 0. The Balaban J connectivity index is 1.52. The zero-order valence-electron chi connectivity index (χ0n) is 15.4. The second-order valence-corrected chi connectivity index (χ2v) is 6.55. The zero-order chi connectivity index (χ0) is 19.2. The van der Waals surface area contributed by atoms with E-state index in [0.717, 1.165) is 5.75 Å². The number of hydrogen-bond donors (Lipinski definition) is 2. The lowest BCUT2D eigenvalue weighted by Crippen LogP contribution is -2.46. The average Bonchev–Trinajstić information content (AvgIpc) is 2.69. The second kappa shape index (κ2) is 8.58. The number of nitrogens with zero attached hydrogens (tertiary/aromatic N) is 1. The second-order valence-electron chi connectivity index (χ2n) is 6.55. The normalized spacial score (nSPS) is 14.6. The van der Waals surface area contributed by atoms with Gasteiger partial charge in [-0.1, -0.05) is 6.07 Å². The van der Waals surface area contributed by atoms with Gasteiger partial charge < -0.3 is 20.1 Å². The Bertz CT molecular complexity index is 796. The van der Waals surface area contributed by atoms with Crippen molar-refractivity contribution in [1.82, 2.24) is 10.2 Å². The molecule has 1 aliphatic heterocycles. The van der Waals surface area contributed by atoms with Crippen molar-refractivity contribution in [2.24, 2.45) is 0 Å². The first kappa shape index (κ1) is 18.8. The molecule has 2 aromatic rings. The lowest BCUT2D eigenvalue weighted by Gasteiger charge is -2.32. The van der Waals surface area contributed by atoms with Gasteiger partial charge in [-0.05, 0) is 62.2 Å². The number of benzene rings is 2. The Hall–Kier alpha value is -3.02. The van der Waals surface area contributed by atoms with E-state index in [0.29, 0.717) is 43.7 Å². The van der Waals surface area contributed by atoms with E-state index in [1.54, 1.807) is 36.4 Å². The van der Waals surface area contributed by atoms with Crippen molar-refractivity contribution in [3.63, 3.8) is 0 Å². The van der Waals surface area contributed by atoms with Gasteiger partial charge in [-0.2, -0.15) is 0 Å². The summed E-state index contributed by atoms with van der Waals surface area (Å²) < 4.78 is 5.40. The van der Waals surface area contributed by atoms with Crippen molar-refractivity contribution in [3.05, 3.63) is 59.7 Å². The highest BCUT2D eigenvalue weighted by Crippen LogP contribution is 2.18. The summed E-state index contributed by atoms with van der Waals surface area (Å²) in [5.41, 5.74) is 1.07. The van der Waals surface area contributed by atoms with E-state index < -0.39 is 0 Å². The number of ether oxygens (including phenoxy) is 1. The molecule has 0 unspecified atom stereocenters. The fraction of sp³-hybridized carbons (Fsp3) is 0.333. The highest BCUT2D eigenvalue weighted by atomic mass is 16.5. The highest BCUT2D eigenvalue weighted by molar-refractivity contribution is 5.95. The summed E-state index contributed by atoms with van der Waals surface area (Å²) in [5.74, 6) is 0.610. The van der Waals surface area contributed by atoms with Crippen molar-refractivity contribution >= 4 is 11.8 Å². The first-order chi connectivity index (χ1) is 13.1. The summed E-state index contributed by atoms with van der Waals surface area (Å²) in [6.45, 7) is 3.70. The SMILES string of the molecule is CCOc1ccc(C(=O)N2CCC(NC(=O)c3cccc(O)c3)CC2)cc1. The van der Waals surface area contributed by atoms with E-state index in [4.69, 9.17) is 4.74 Å². The van der Waals surface area contributed by atoms with Crippen molar-refractivity contribution < 1.29 is 19.4 Å². The van der Waals surface area contributed by atoms with Crippen LogP contribution in [0.1, 0.15) is 40.5 Å². The van der Waals surface area contributed by atoms with Gasteiger partial charge in [0.1, 0.15) is 11.5 Å². The molecule has 0 spiro atoms. The van der Waals surface area contributed by atoms with Gasteiger partial charge in [-0.3, -0.25) is 9.59 Å². The quantitative estimate of drug-likeness (QED) is 0.851. The summed E-state index contributed by atoms with van der Waals surface area (Å²) in [6, 6.07) is 13.5. The van der Waals surface area contributed by atoms with Crippen molar-refractivity contribution in [1.29, 1.82) is 0 Å². The topological polar surface area (TPSA) is 78.9 Å². The van der Waals surface area contributed by atoms with E-state index in [9.17, 15) is 14.7 Å². The molecule has 0 saturated carbocycles. The predicted octanol–water partition coefficient (Wildman–Crippen LogP) is 2.83. The van der Waals surface area contributed by atoms with Crippen LogP contribution >= 0.6 is 0 Å². The Morgan fingerprint density at radius 1 is 1.11 bits per heavy atom. The minimum absolute atomic E-state index is 0.00388. The standard InChI is InChI=1S/C21H24N2O4/c1-2-27-19-8-6-15(7-9-19)21(26)23-12-10-17(11-13-23)22-20(25)16-4-3-5-18(24)14-16/h3-9,14,17,24H,2,10-13H2,1H3,(H,22,25). The molecule has 1 saturated heterocycles. The fourth-order valence-corrected chi connectivity index (χ4v) is 3.19. The third-order valence-corrected chi connectivity index (χ3v) is 4.64. The van der Waals surface area contributed by atoms with Gasteiger partial charge in [0.2, 0.25) is 0 Å². The number of hydrogen-bond acceptors (Lipinski definition) is 4. The van der Waals surface area contributed by atoms with Crippen molar-refractivity contribution in [3.8, 4) is 11.5 Å². The zero-order valence-corrected chi connectivity index (χ0v) is 15.4. The van der Waals surface area contributed by atoms with Gasteiger partial charge in [0.05, 0.1) is 6.61 Å². The van der Waals surface area contributed by atoms with Crippen LogP contribution in [-0.2, 0) is 0 Å². The Morgan fingerprint density at radius 3 is 2.44 bits per heavy atom. The van der Waals surface area contributed by atoms with Crippen LogP contribution in [0.4, 0.5) is 0 Å². The molecule has 0 bridgehead atoms. The van der Waals surface area contributed by atoms with Crippen LogP contribution in [-0.4, -0.2) is 47.6 Å². The van der Waals surface area contributed by atoms with Crippen LogP contribution in [0, 0.1) is 0 Å². The molecule has 1 heterocycles. The number of amides is 2. The van der Waals surface area contributed by atoms with Crippen LogP contribution in [0.2, 0.25) is 0 Å². The Kier molecular flexibility index (Phi) is 5.96. The van der Waals surface area contributed by atoms with Gasteiger partial charge in [-0.25, -0.2) is 0 Å². The number of rotatable bonds is 5. The van der Waals surface area contributed by atoms with Crippen LogP contribution < -0.4 is 10.1 Å². The lowest BCUT2D eigenvalue weighted by atomic mass is 10.0. The van der Waals surface area contributed by atoms with Crippen molar-refractivity contribution in [2.75, 3.05) is 19.7 Å². The Morgan fingerprint density at radius 2 is 1.81 bits per heavy atom. The largest absolute Gasteiger partial charge is 0.508 e. The van der Waals surface area contributed by atoms with Crippen LogP contribution in [0.25, 0.3) is 0 Å². The minimum Gasteiger partial charge on any atom is -0.508 e. The molecule has 2 amide bonds. The molecule has 2 aromatic carbocycles. The Labute approximate surface area is 158 Å². The summed E-state index contributed by atoms with van der Waals surface area (Å²) in [6.07, 6.45) is 1.40. The smallest absolute Gasteiger partial charge is 0.253 e. The maximum absolute atomic E-state index is 12.6. The van der Waals surface area contributed by atoms with Gasteiger partial charge in [0.15, 0.2) is 0 Å². The van der Waals surface area contributed by atoms with E-state index in [1.807, 2.05) is 11.8 Å². The molecule has 142 valence electrons. The molecule has 1 fully saturated rings. The number of phenolic OH excluding ortho intramolecular Hbond substituents is 1.